The van der Waals surface area contributed by atoms with Gasteiger partial charge in [0.2, 0.25) is 0 Å². The van der Waals surface area contributed by atoms with E-state index in [4.69, 9.17) is 0 Å². The molecule has 0 aliphatic carbocycles. The van der Waals surface area contributed by atoms with Crippen LogP contribution in [0, 0.1) is 0 Å². The lowest BCUT2D eigenvalue weighted by molar-refractivity contribution is 0.0693. The molecule has 0 aliphatic rings. The van der Waals surface area contributed by atoms with E-state index in [0.29, 0.717) is 5.69 Å². The zero-order valence-corrected chi connectivity index (χ0v) is 11.5. The maximum atomic E-state index is 11.3. The van der Waals surface area contributed by atoms with Crippen LogP contribution in [0.4, 0.5) is 0 Å². The molecule has 0 amide bonds. The molecule has 0 saturated heterocycles. The smallest absolute Gasteiger partial charge is 0.337 e. The number of nitrogens with zero attached hydrogens (tertiary/aromatic N) is 3. The van der Waals surface area contributed by atoms with Crippen molar-refractivity contribution in [3.63, 3.8) is 0 Å². The molecule has 100 valence electrons. The Bertz CT molecular complexity index is 624. The Morgan fingerprint density at radius 3 is 2.42 bits per heavy atom. The van der Waals surface area contributed by atoms with E-state index >= 15 is 0 Å². The lowest BCUT2D eigenvalue weighted by Gasteiger charge is -2.20. The summed E-state index contributed by atoms with van der Waals surface area (Å²) in [4.78, 5) is 15.8. The van der Waals surface area contributed by atoms with Crippen LogP contribution < -0.4 is 0 Å². The van der Waals surface area contributed by atoms with Gasteiger partial charge in [0.05, 0.1) is 22.6 Å². The lowest BCUT2D eigenvalue weighted by atomic mass is 9.88. The van der Waals surface area contributed by atoms with Crippen molar-refractivity contribution in [1.82, 2.24) is 14.8 Å². The highest BCUT2D eigenvalue weighted by atomic mass is 16.4. The molecule has 0 spiro atoms. The Hall–Kier alpha value is -2.17. The van der Waals surface area contributed by atoms with Gasteiger partial charge in [-0.05, 0) is 18.2 Å². The molecule has 0 unspecified atom stereocenters. The van der Waals surface area contributed by atoms with Gasteiger partial charge in [0.15, 0.2) is 0 Å². The number of hydrogen-bond donors (Lipinski definition) is 1. The lowest BCUT2D eigenvalue weighted by Crippen LogP contribution is -2.19. The first-order valence-corrected chi connectivity index (χ1v) is 6.04. The number of carboxylic acids is 1. The number of pyridine rings is 1. The number of rotatable bonds is 2. The van der Waals surface area contributed by atoms with E-state index in [-0.39, 0.29) is 11.0 Å². The molecule has 0 atom stereocenters. The van der Waals surface area contributed by atoms with Crippen molar-refractivity contribution < 1.29 is 9.90 Å². The van der Waals surface area contributed by atoms with E-state index in [1.165, 1.54) is 0 Å². The Morgan fingerprint density at radius 2 is 1.95 bits per heavy atom. The predicted molar refractivity (Wildman–Crippen MR) is 72.1 cm³/mol. The van der Waals surface area contributed by atoms with Gasteiger partial charge in [-0.3, -0.25) is 4.68 Å². The van der Waals surface area contributed by atoms with Gasteiger partial charge in [0.25, 0.3) is 0 Å². The minimum atomic E-state index is -0.950. The molecule has 19 heavy (non-hydrogen) atoms. The molecule has 5 heteroatoms. The Morgan fingerprint density at radius 1 is 1.26 bits per heavy atom. The summed E-state index contributed by atoms with van der Waals surface area (Å²) in [5, 5.41) is 13.4. The highest BCUT2D eigenvalue weighted by Gasteiger charge is 2.24. The number of aromatic nitrogens is 3. The first-order chi connectivity index (χ1) is 8.80. The molecule has 2 aromatic heterocycles. The SMILES string of the molecule is Cn1nccc1-c1ccc(C(=O)O)c(C(C)(C)C)n1. The molecule has 0 aromatic carbocycles. The van der Waals surface area contributed by atoms with Gasteiger partial charge < -0.3 is 5.11 Å². The van der Waals surface area contributed by atoms with Crippen LogP contribution in [0.15, 0.2) is 24.4 Å². The van der Waals surface area contributed by atoms with Crippen molar-refractivity contribution in [1.29, 1.82) is 0 Å². The summed E-state index contributed by atoms with van der Waals surface area (Å²) in [6.07, 6.45) is 1.69. The Kier molecular flexibility index (Phi) is 3.14. The highest BCUT2D eigenvalue weighted by molar-refractivity contribution is 5.89. The summed E-state index contributed by atoms with van der Waals surface area (Å²) < 4.78 is 1.72. The second-order valence-electron chi connectivity index (χ2n) is 5.49. The molecule has 1 N–H and O–H groups in total. The normalized spacial score (nSPS) is 11.6. The summed E-state index contributed by atoms with van der Waals surface area (Å²) in [6.45, 7) is 5.86. The fourth-order valence-electron chi connectivity index (χ4n) is 1.97. The second kappa shape index (κ2) is 4.50. The van der Waals surface area contributed by atoms with Gasteiger partial charge in [-0.15, -0.1) is 0 Å². The van der Waals surface area contributed by atoms with Gasteiger partial charge in [-0.2, -0.15) is 5.10 Å². The maximum Gasteiger partial charge on any atom is 0.337 e. The van der Waals surface area contributed by atoms with E-state index in [2.05, 4.69) is 10.1 Å². The average molecular weight is 259 g/mol. The molecule has 0 saturated carbocycles. The third-order valence-corrected chi connectivity index (χ3v) is 2.92. The molecule has 0 aliphatic heterocycles. The third kappa shape index (κ3) is 2.50. The minimum Gasteiger partial charge on any atom is -0.478 e. The second-order valence-corrected chi connectivity index (χ2v) is 5.49. The van der Waals surface area contributed by atoms with Crippen molar-refractivity contribution in [2.24, 2.45) is 7.05 Å². The summed E-state index contributed by atoms with van der Waals surface area (Å²) in [5.74, 6) is -0.950. The zero-order valence-electron chi connectivity index (χ0n) is 11.5. The predicted octanol–water partition coefficient (Wildman–Crippen LogP) is 2.48. The molecule has 0 fully saturated rings. The van der Waals surface area contributed by atoms with Crippen LogP contribution in [0.2, 0.25) is 0 Å². The summed E-state index contributed by atoms with van der Waals surface area (Å²) >= 11 is 0. The standard InChI is InChI=1S/C14H17N3O2/c1-14(2,3)12-9(13(18)19)5-6-10(16-12)11-7-8-15-17(11)4/h5-8H,1-4H3,(H,18,19). The van der Waals surface area contributed by atoms with Crippen LogP contribution in [0.5, 0.6) is 0 Å². The first kappa shape index (κ1) is 13.3. The fourth-order valence-corrected chi connectivity index (χ4v) is 1.97. The summed E-state index contributed by atoms with van der Waals surface area (Å²) in [7, 11) is 1.83. The zero-order chi connectivity index (χ0) is 14.2. The van der Waals surface area contributed by atoms with Crippen LogP contribution >= 0.6 is 0 Å². The molecular formula is C14H17N3O2. The van der Waals surface area contributed by atoms with Crippen molar-refractivity contribution in [3.8, 4) is 11.4 Å². The van der Waals surface area contributed by atoms with Crippen LogP contribution in [0.1, 0.15) is 36.8 Å². The first-order valence-electron chi connectivity index (χ1n) is 6.04. The summed E-state index contributed by atoms with van der Waals surface area (Å²) in [5.41, 5.74) is 2.09. The van der Waals surface area contributed by atoms with E-state index in [1.807, 2.05) is 33.9 Å². The van der Waals surface area contributed by atoms with Gasteiger partial charge in [0.1, 0.15) is 0 Å². The van der Waals surface area contributed by atoms with Crippen molar-refractivity contribution >= 4 is 5.97 Å². The highest BCUT2D eigenvalue weighted by Crippen LogP contribution is 2.27. The largest absolute Gasteiger partial charge is 0.478 e. The molecule has 2 heterocycles. The van der Waals surface area contributed by atoms with Crippen LogP contribution in [-0.4, -0.2) is 25.8 Å². The minimum absolute atomic E-state index is 0.249. The van der Waals surface area contributed by atoms with Crippen LogP contribution in [-0.2, 0) is 12.5 Å². The number of carboxylic acid groups (broad SMARTS) is 1. The fraction of sp³-hybridized carbons (Fsp3) is 0.357. The number of hydrogen-bond acceptors (Lipinski definition) is 3. The van der Waals surface area contributed by atoms with Crippen LogP contribution in [0.3, 0.4) is 0 Å². The molecule has 0 radical (unpaired) electrons. The third-order valence-electron chi connectivity index (χ3n) is 2.92. The van der Waals surface area contributed by atoms with Crippen molar-refractivity contribution in [2.75, 3.05) is 0 Å². The van der Waals surface area contributed by atoms with Crippen molar-refractivity contribution in [2.45, 2.75) is 26.2 Å². The van der Waals surface area contributed by atoms with E-state index in [0.717, 1.165) is 11.4 Å². The van der Waals surface area contributed by atoms with Crippen LogP contribution in [0.25, 0.3) is 11.4 Å². The summed E-state index contributed by atoms with van der Waals surface area (Å²) in [6, 6.07) is 5.18. The molecule has 0 bridgehead atoms. The number of aryl methyl sites for hydroxylation is 1. The monoisotopic (exact) mass is 259 g/mol. The number of carbonyl (C=O) groups is 1. The van der Waals surface area contributed by atoms with E-state index in [1.54, 1.807) is 23.0 Å². The average Bonchev–Trinajstić information content (AvgIpc) is 2.73. The molecule has 5 nitrogen and oxygen atoms in total. The number of aromatic carboxylic acids is 1. The Labute approximate surface area is 111 Å². The molecule has 2 rings (SSSR count). The van der Waals surface area contributed by atoms with Crippen molar-refractivity contribution in [3.05, 3.63) is 35.7 Å². The topological polar surface area (TPSA) is 68.0 Å². The molecular weight excluding hydrogens is 242 g/mol. The maximum absolute atomic E-state index is 11.3. The van der Waals surface area contributed by atoms with E-state index in [9.17, 15) is 9.90 Å². The Balaban J connectivity index is 2.63. The van der Waals surface area contributed by atoms with Gasteiger partial charge in [0, 0.05) is 18.7 Å². The van der Waals surface area contributed by atoms with Gasteiger partial charge in [-0.1, -0.05) is 20.8 Å². The molecule has 2 aromatic rings. The quantitative estimate of drug-likeness (QED) is 0.899. The van der Waals surface area contributed by atoms with E-state index < -0.39 is 5.97 Å². The van der Waals surface area contributed by atoms with Gasteiger partial charge in [-0.25, -0.2) is 9.78 Å². The van der Waals surface area contributed by atoms with Gasteiger partial charge >= 0.3 is 5.97 Å².